The maximum Gasteiger partial charge on any atom is 0.254 e. The number of anilines is 1. The molecule has 0 fully saturated rings. The normalized spacial score (nSPS) is 10.8. The lowest BCUT2D eigenvalue weighted by atomic mass is 10.0. The average Bonchev–Trinajstić information content (AvgIpc) is 2.61. The van der Waals surface area contributed by atoms with Crippen molar-refractivity contribution in [3.63, 3.8) is 0 Å². The van der Waals surface area contributed by atoms with E-state index in [0.717, 1.165) is 33.4 Å². The molecule has 0 aliphatic heterocycles. The zero-order valence-electron chi connectivity index (χ0n) is 16.1. The Bertz CT molecular complexity index is 946. The van der Waals surface area contributed by atoms with Gasteiger partial charge < -0.3 is 9.80 Å². The van der Waals surface area contributed by atoms with Gasteiger partial charge in [-0.25, -0.2) is 0 Å². The summed E-state index contributed by atoms with van der Waals surface area (Å²) in [6.45, 7) is 4.53. The summed E-state index contributed by atoms with van der Waals surface area (Å²) in [6, 6.07) is 16.2. The van der Waals surface area contributed by atoms with Crippen molar-refractivity contribution in [3.05, 3.63) is 70.9 Å². The third-order valence-corrected chi connectivity index (χ3v) is 4.54. The third kappa shape index (κ3) is 3.69. The third-order valence-electron chi connectivity index (χ3n) is 4.54. The first-order valence-electron chi connectivity index (χ1n) is 8.75. The van der Waals surface area contributed by atoms with Crippen LogP contribution in [0.2, 0.25) is 0 Å². The number of aryl methyl sites for hydroxylation is 2. The van der Waals surface area contributed by atoms with E-state index in [9.17, 15) is 4.79 Å². The number of hydrogen-bond donors (Lipinski definition) is 0. The van der Waals surface area contributed by atoms with Crippen LogP contribution in [0.4, 0.5) is 5.69 Å². The molecule has 4 heteroatoms. The summed E-state index contributed by atoms with van der Waals surface area (Å²) >= 11 is 0. The van der Waals surface area contributed by atoms with Crippen LogP contribution in [-0.2, 0) is 6.54 Å². The van der Waals surface area contributed by atoms with E-state index in [4.69, 9.17) is 0 Å². The minimum Gasteiger partial charge on any atom is -0.378 e. The summed E-state index contributed by atoms with van der Waals surface area (Å²) in [5.74, 6) is 0.0165. The van der Waals surface area contributed by atoms with Gasteiger partial charge in [0.05, 0.1) is 11.1 Å². The molecule has 0 aliphatic rings. The Morgan fingerprint density at radius 3 is 2.31 bits per heavy atom. The van der Waals surface area contributed by atoms with Gasteiger partial charge in [0.2, 0.25) is 0 Å². The summed E-state index contributed by atoms with van der Waals surface area (Å²) in [5, 5.41) is 0.912. The van der Waals surface area contributed by atoms with Crippen molar-refractivity contribution in [2.75, 3.05) is 26.0 Å². The maximum atomic E-state index is 13.1. The van der Waals surface area contributed by atoms with E-state index in [2.05, 4.69) is 34.1 Å². The van der Waals surface area contributed by atoms with Gasteiger partial charge in [0.15, 0.2) is 0 Å². The molecule has 3 aromatic rings. The number of hydrogen-bond acceptors (Lipinski definition) is 3. The van der Waals surface area contributed by atoms with Gasteiger partial charge in [-0.1, -0.05) is 23.8 Å². The van der Waals surface area contributed by atoms with Gasteiger partial charge >= 0.3 is 0 Å². The quantitative estimate of drug-likeness (QED) is 0.710. The largest absolute Gasteiger partial charge is 0.378 e. The summed E-state index contributed by atoms with van der Waals surface area (Å²) < 4.78 is 0. The number of rotatable bonds is 4. The number of aromatic nitrogens is 1. The number of benzene rings is 2. The van der Waals surface area contributed by atoms with Crippen LogP contribution in [0.3, 0.4) is 0 Å². The molecule has 0 spiro atoms. The zero-order chi connectivity index (χ0) is 18.8. The van der Waals surface area contributed by atoms with Crippen molar-refractivity contribution in [1.29, 1.82) is 0 Å². The molecular weight excluding hydrogens is 322 g/mol. The first-order chi connectivity index (χ1) is 12.3. The van der Waals surface area contributed by atoms with Crippen molar-refractivity contribution in [1.82, 2.24) is 9.88 Å². The number of fused-ring (bicyclic) bond motifs is 1. The van der Waals surface area contributed by atoms with Crippen molar-refractivity contribution in [2.45, 2.75) is 20.4 Å². The minimum absolute atomic E-state index is 0.0165. The SMILES string of the molecule is Cc1ccc2nc(C)cc(C(=O)N(C)Cc3ccc(N(C)C)cc3)c2c1. The van der Waals surface area contributed by atoms with Crippen molar-refractivity contribution in [3.8, 4) is 0 Å². The first kappa shape index (κ1) is 17.9. The Morgan fingerprint density at radius 1 is 0.962 bits per heavy atom. The molecule has 1 heterocycles. The molecule has 0 radical (unpaired) electrons. The molecular formula is C22H25N3O. The highest BCUT2D eigenvalue weighted by Gasteiger charge is 2.16. The Labute approximate surface area is 155 Å². The van der Waals surface area contributed by atoms with E-state index in [1.54, 1.807) is 4.90 Å². The number of pyridine rings is 1. The van der Waals surface area contributed by atoms with Crippen LogP contribution < -0.4 is 4.90 Å². The predicted molar refractivity (Wildman–Crippen MR) is 108 cm³/mol. The molecule has 1 aromatic heterocycles. The zero-order valence-corrected chi connectivity index (χ0v) is 16.1. The first-order valence-corrected chi connectivity index (χ1v) is 8.75. The Kier molecular flexibility index (Phi) is 4.94. The smallest absolute Gasteiger partial charge is 0.254 e. The topological polar surface area (TPSA) is 36.4 Å². The molecule has 0 unspecified atom stereocenters. The Hall–Kier alpha value is -2.88. The van der Waals surface area contributed by atoms with E-state index in [1.165, 1.54) is 0 Å². The van der Waals surface area contributed by atoms with E-state index < -0.39 is 0 Å². The summed E-state index contributed by atoms with van der Waals surface area (Å²) in [4.78, 5) is 21.5. The molecule has 134 valence electrons. The summed E-state index contributed by atoms with van der Waals surface area (Å²) in [6.07, 6.45) is 0. The van der Waals surface area contributed by atoms with Gasteiger partial charge in [0.1, 0.15) is 0 Å². The molecule has 26 heavy (non-hydrogen) atoms. The highest BCUT2D eigenvalue weighted by atomic mass is 16.2. The van der Waals surface area contributed by atoms with Crippen LogP contribution in [0.5, 0.6) is 0 Å². The number of amides is 1. The van der Waals surface area contributed by atoms with Crippen LogP contribution >= 0.6 is 0 Å². The fraction of sp³-hybridized carbons (Fsp3) is 0.273. The molecule has 4 nitrogen and oxygen atoms in total. The lowest BCUT2D eigenvalue weighted by molar-refractivity contribution is 0.0787. The number of carbonyl (C=O) groups is 1. The highest BCUT2D eigenvalue weighted by molar-refractivity contribution is 6.06. The molecule has 0 bridgehead atoms. The summed E-state index contributed by atoms with van der Waals surface area (Å²) in [7, 11) is 5.88. The van der Waals surface area contributed by atoms with Crippen LogP contribution in [0.15, 0.2) is 48.5 Å². The molecule has 0 saturated carbocycles. The van der Waals surface area contributed by atoms with Crippen LogP contribution in [-0.4, -0.2) is 36.9 Å². The molecule has 0 N–H and O–H groups in total. The van der Waals surface area contributed by atoms with Gasteiger partial charge in [-0.2, -0.15) is 0 Å². The van der Waals surface area contributed by atoms with E-state index in [1.807, 2.05) is 59.3 Å². The van der Waals surface area contributed by atoms with Crippen molar-refractivity contribution >= 4 is 22.5 Å². The predicted octanol–water partition coefficient (Wildman–Crippen LogP) is 4.19. The number of nitrogens with zero attached hydrogens (tertiary/aromatic N) is 3. The fourth-order valence-corrected chi connectivity index (χ4v) is 3.10. The molecule has 0 saturated heterocycles. The van der Waals surface area contributed by atoms with Gasteiger partial charge in [0, 0.05) is 44.5 Å². The second-order valence-electron chi connectivity index (χ2n) is 7.05. The Morgan fingerprint density at radius 2 is 1.65 bits per heavy atom. The Balaban J connectivity index is 1.88. The van der Waals surface area contributed by atoms with Crippen molar-refractivity contribution in [2.24, 2.45) is 0 Å². The molecule has 0 aliphatic carbocycles. The number of carbonyl (C=O) groups excluding carboxylic acids is 1. The summed E-state index contributed by atoms with van der Waals surface area (Å²) in [5.41, 5.74) is 5.81. The standard InChI is InChI=1S/C22H25N3O/c1-15-6-11-21-19(12-15)20(13-16(2)23-21)22(26)25(5)14-17-7-9-18(10-8-17)24(3)4/h6-13H,14H2,1-5H3. The van der Waals surface area contributed by atoms with E-state index in [-0.39, 0.29) is 5.91 Å². The maximum absolute atomic E-state index is 13.1. The van der Waals surface area contributed by atoms with Gasteiger partial charge in [-0.15, -0.1) is 0 Å². The van der Waals surface area contributed by atoms with Crippen molar-refractivity contribution < 1.29 is 4.79 Å². The lowest BCUT2D eigenvalue weighted by Crippen LogP contribution is -2.26. The highest BCUT2D eigenvalue weighted by Crippen LogP contribution is 2.22. The molecule has 1 amide bonds. The monoisotopic (exact) mass is 347 g/mol. The second-order valence-corrected chi connectivity index (χ2v) is 7.05. The minimum atomic E-state index is 0.0165. The molecule has 0 atom stereocenters. The van der Waals surface area contributed by atoms with Crippen LogP contribution in [0, 0.1) is 13.8 Å². The van der Waals surface area contributed by atoms with E-state index >= 15 is 0 Å². The lowest BCUT2D eigenvalue weighted by Gasteiger charge is -2.20. The fourth-order valence-electron chi connectivity index (χ4n) is 3.10. The van der Waals surface area contributed by atoms with E-state index in [0.29, 0.717) is 12.1 Å². The second kappa shape index (κ2) is 7.16. The molecule has 3 rings (SSSR count). The van der Waals surface area contributed by atoms with Crippen LogP contribution in [0.25, 0.3) is 10.9 Å². The van der Waals surface area contributed by atoms with Gasteiger partial charge in [0.25, 0.3) is 5.91 Å². The molecule has 2 aromatic carbocycles. The van der Waals surface area contributed by atoms with Crippen LogP contribution in [0.1, 0.15) is 27.2 Å². The van der Waals surface area contributed by atoms with Gasteiger partial charge in [-0.05, 0) is 49.7 Å². The average molecular weight is 347 g/mol. The van der Waals surface area contributed by atoms with Gasteiger partial charge in [-0.3, -0.25) is 9.78 Å².